The summed E-state index contributed by atoms with van der Waals surface area (Å²) in [7, 11) is 0. The molecule has 0 amide bonds. The van der Waals surface area contributed by atoms with Gasteiger partial charge in [-0.3, -0.25) is 0 Å². The van der Waals surface area contributed by atoms with Crippen LogP contribution in [0.4, 0.5) is 0 Å². The van der Waals surface area contributed by atoms with Crippen LogP contribution in [0.2, 0.25) is 0 Å². The Bertz CT molecular complexity index is 585. The van der Waals surface area contributed by atoms with E-state index in [1.165, 1.54) is 0 Å². The van der Waals surface area contributed by atoms with Crippen molar-refractivity contribution in [1.29, 1.82) is 0 Å². The first kappa shape index (κ1) is 10.7. The van der Waals surface area contributed by atoms with Crippen LogP contribution in [0.5, 0.6) is 0 Å². The minimum atomic E-state index is -0.476. The molecule has 1 aromatic heterocycles. The van der Waals surface area contributed by atoms with E-state index in [1.807, 2.05) is 12.1 Å². The SMILES string of the molecule is O=c1[nH][nH]c(=O)n1-c1cc(Br)ccc1I. The van der Waals surface area contributed by atoms with Gasteiger partial charge < -0.3 is 0 Å². The lowest BCUT2D eigenvalue weighted by Crippen LogP contribution is -2.25. The molecule has 0 atom stereocenters. The average Bonchev–Trinajstić information content (AvgIpc) is 2.51. The van der Waals surface area contributed by atoms with Crippen molar-refractivity contribution in [3.63, 3.8) is 0 Å². The summed E-state index contributed by atoms with van der Waals surface area (Å²) in [5.41, 5.74) is -0.399. The first-order valence-electron chi connectivity index (χ1n) is 3.95. The highest BCUT2D eigenvalue weighted by atomic mass is 127. The summed E-state index contributed by atoms with van der Waals surface area (Å²) in [5, 5.41) is 4.47. The van der Waals surface area contributed by atoms with Crippen LogP contribution in [0.25, 0.3) is 5.69 Å². The molecule has 2 rings (SSSR count). The molecule has 78 valence electrons. The number of benzene rings is 1. The molecule has 2 aromatic rings. The van der Waals surface area contributed by atoms with Crippen LogP contribution in [0.15, 0.2) is 32.3 Å². The standard InChI is InChI=1S/C8H5BrIN3O2/c9-4-1-2-5(10)6(3-4)13-7(14)11-12-8(13)15/h1-3H,(H,11,14)(H,12,15). The lowest BCUT2D eigenvalue weighted by Gasteiger charge is -2.02. The van der Waals surface area contributed by atoms with Crippen LogP contribution < -0.4 is 11.4 Å². The summed E-state index contributed by atoms with van der Waals surface area (Å²) < 4.78 is 2.68. The highest BCUT2D eigenvalue weighted by Gasteiger charge is 2.09. The third-order valence-corrected chi connectivity index (χ3v) is 3.24. The Morgan fingerprint density at radius 1 is 1.20 bits per heavy atom. The van der Waals surface area contributed by atoms with Crippen LogP contribution in [0, 0.1) is 3.57 Å². The lowest BCUT2D eigenvalue weighted by atomic mass is 10.3. The molecule has 0 aliphatic carbocycles. The molecule has 0 fully saturated rings. The molecule has 15 heavy (non-hydrogen) atoms. The van der Waals surface area contributed by atoms with Crippen molar-refractivity contribution in [1.82, 2.24) is 14.8 Å². The monoisotopic (exact) mass is 381 g/mol. The van der Waals surface area contributed by atoms with E-state index in [4.69, 9.17) is 0 Å². The van der Waals surface area contributed by atoms with Gasteiger partial charge in [-0.05, 0) is 40.8 Å². The molecular formula is C8H5BrIN3O2. The van der Waals surface area contributed by atoms with E-state index in [2.05, 4.69) is 48.7 Å². The Labute approximate surface area is 106 Å². The van der Waals surface area contributed by atoms with Crippen LogP contribution in [-0.2, 0) is 0 Å². The molecular weight excluding hydrogens is 377 g/mol. The summed E-state index contributed by atoms with van der Waals surface area (Å²) in [6.07, 6.45) is 0. The molecule has 0 spiro atoms. The van der Waals surface area contributed by atoms with E-state index >= 15 is 0 Å². The molecule has 7 heteroatoms. The van der Waals surface area contributed by atoms with E-state index in [0.29, 0.717) is 5.69 Å². The number of H-pyrrole nitrogens is 2. The van der Waals surface area contributed by atoms with Gasteiger partial charge in [-0.2, -0.15) is 0 Å². The number of halogens is 2. The maximum atomic E-state index is 11.4. The van der Waals surface area contributed by atoms with Gasteiger partial charge in [-0.15, -0.1) is 0 Å². The van der Waals surface area contributed by atoms with E-state index < -0.39 is 11.4 Å². The summed E-state index contributed by atoms with van der Waals surface area (Å²) in [6, 6.07) is 5.38. The fraction of sp³-hybridized carbons (Fsp3) is 0. The van der Waals surface area contributed by atoms with Crippen LogP contribution >= 0.6 is 38.5 Å². The number of rotatable bonds is 1. The number of nitrogens with one attached hydrogen (secondary N) is 2. The number of aromatic nitrogens is 3. The second kappa shape index (κ2) is 3.97. The quantitative estimate of drug-likeness (QED) is 0.729. The van der Waals surface area contributed by atoms with Crippen molar-refractivity contribution in [3.8, 4) is 5.69 Å². The normalized spacial score (nSPS) is 10.5. The number of aromatic amines is 2. The van der Waals surface area contributed by atoms with E-state index in [1.54, 1.807) is 6.07 Å². The maximum absolute atomic E-state index is 11.4. The third kappa shape index (κ3) is 1.93. The van der Waals surface area contributed by atoms with Crippen LogP contribution in [-0.4, -0.2) is 14.8 Å². The molecule has 0 aliphatic rings. The maximum Gasteiger partial charge on any atom is 0.349 e. The Morgan fingerprint density at radius 2 is 1.80 bits per heavy atom. The van der Waals surface area contributed by atoms with Crippen molar-refractivity contribution in [2.45, 2.75) is 0 Å². The van der Waals surface area contributed by atoms with Crippen molar-refractivity contribution >= 4 is 38.5 Å². The van der Waals surface area contributed by atoms with E-state index in [0.717, 1.165) is 12.6 Å². The first-order valence-corrected chi connectivity index (χ1v) is 5.82. The van der Waals surface area contributed by atoms with E-state index in [9.17, 15) is 9.59 Å². The first-order chi connectivity index (χ1) is 7.09. The predicted octanol–water partition coefficient (Wildman–Crippen LogP) is 1.22. The second-order valence-corrected chi connectivity index (χ2v) is 4.87. The number of hydrogen-bond acceptors (Lipinski definition) is 2. The molecule has 0 saturated heterocycles. The van der Waals surface area contributed by atoms with Gasteiger partial charge in [-0.25, -0.2) is 24.4 Å². The fourth-order valence-electron chi connectivity index (χ4n) is 1.19. The molecule has 1 aromatic carbocycles. The number of hydrogen-bond donors (Lipinski definition) is 2. The van der Waals surface area contributed by atoms with Gasteiger partial charge in [0, 0.05) is 8.04 Å². The van der Waals surface area contributed by atoms with Crippen molar-refractivity contribution in [3.05, 3.63) is 47.2 Å². The summed E-state index contributed by atoms with van der Waals surface area (Å²) >= 11 is 5.35. The van der Waals surface area contributed by atoms with Gasteiger partial charge in [0.05, 0.1) is 5.69 Å². The Kier molecular flexibility index (Phi) is 2.83. The Morgan fingerprint density at radius 3 is 2.40 bits per heavy atom. The van der Waals surface area contributed by atoms with Crippen molar-refractivity contribution < 1.29 is 0 Å². The highest BCUT2D eigenvalue weighted by molar-refractivity contribution is 14.1. The van der Waals surface area contributed by atoms with Gasteiger partial charge in [0.1, 0.15) is 0 Å². The van der Waals surface area contributed by atoms with Crippen molar-refractivity contribution in [2.75, 3.05) is 0 Å². The molecule has 0 radical (unpaired) electrons. The molecule has 1 heterocycles. The Balaban J connectivity index is 2.79. The summed E-state index contributed by atoms with van der Waals surface area (Å²) in [4.78, 5) is 22.7. The zero-order chi connectivity index (χ0) is 11.0. The predicted molar refractivity (Wildman–Crippen MR) is 67.4 cm³/mol. The van der Waals surface area contributed by atoms with Crippen LogP contribution in [0.1, 0.15) is 0 Å². The molecule has 0 bridgehead atoms. The van der Waals surface area contributed by atoms with Gasteiger partial charge in [-0.1, -0.05) is 15.9 Å². The van der Waals surface area contributed by atoms with Gasteiger partial charge in [0.15, 0.2) is 0 Å². The fourth-order valence-corrected chi connectivity index (χ4v) is 2.11. The van der Waals surface area contributed by atoms with Gasteiger partial charge in [0.25, 0.3) is 0 Å². The second-order valence-electron chi connectivity index (χ2n) is 2.79. The highest BCUT2D eigenvalue weighted by Crippen LogP contribution is 2.19. The third-order valence-electron chi connectivity index (χ3n) is 1.83. The minimum absolute atomic E-state index is 0.476. The topological polar surface area (TPSA) is 70.7 Å². The molecule has 0 saturated carbocycles. The zero-order valence-electron chi connectivity index (χ0n) is 7.25. The number of nitrogens with zero attached hydrogens (tertiary/aromatic N) is 1. The average molecular weight is 382 g/mol. The molecule has 0 unspecified atom stereocenters. The van der Waals surface area contributed by atoms with Gasteiger partial charge in [0.2, 0.25) is 0 Å². The smallest absolute Gasteiger partial charge is 0.247 e. The van der Waals surface area contributed by atoms with Gasteiger partial charge >= 0.3 is 11.4 Å². The Hall–Kier alpha value is -0.830. The zero-order valence-corrected chi connectivity index (χ0v) is 11.0. The largest absolute Gasteiger partial charge is 0.349 e. The summed E-state index contributed by atoms with van der Waals surface area (Å²) in [6.45, 7) is 0. The molecule has 0 aliphatic heterocycles. The van der Waals surface area contributed by atoms with Crippen LogP contribution in [0.3, 0.4) is 0 Å². The minimum Gasteiger partial charge on any atom is -0.247 e. The molecule has 2 N–H and O–H groups in total. The summed E-state index contributed by atoms with van der Waals surface area (Å²) in [5.74, 6) is 0. The lowest BCUT2D eigenvalue weighted by molar-refractivity contribution is 0.944. The molecule has 5 nitrogen and oxygen atoms in total. The van der Waals surface area contributed by atoms with E-state index in [-0.39, 0.29) is 0 Å². The van der Waals surface area contributed by atoms with Crippen molar-refractivity contribution in [2.24, 2.45) is 0 Å².